The summed E-state index contributed by atoms with van der Waals surface area (Å²) >= 11 is 6.33. The van der Waals surface area contributed by atoms with E-state index in [4.69, 9.17) is 17.3 Å². The summed E-state index contributed by atoms with van der Waals surface area (Å²) in [6, 6.07) is 22.0. The number of benzene rings is 3. The summed E-state index contributed by atoms with van der Waals surface area (Å²) in [5.41, 5.74) is 9.39. The second kappa shape index (κ2) is 8.89. The van der Waals surface area contributed by atoms with Crippen LogP contribution >= 0.6 is 11.6 Å². The Morgan fingerprint density at radius 1 is 1.00 bits per heavy atom. The van der Waals surface area contributed by atoms with E-state index in [1.165, 1.54) is 16.8 Å². The van der Waals surface area contributed by atoms with Crippen molar-refractivity contribution in [3.8, 4) is 16.9 Å². The molecule has 156 valence electrons. The molecule has 6 nitrogen and oxygen atoms in total. The highest BCUT2D eigenvalue weighted by molar-refractivity contribution is 6.32. The van der Waals surface area contributed by atoms with Gasteiger partial charge in [0.15, 0.2) is 5.82 Å². The number of urea groups is 1. The molecule has 1 heterocycles. The van der Waals surface area contributed by atoms with Gasteiger partial charge < -0.3 is 16.4 Å². The highest BCUT2D eigenvalue weighted by Gasteiger charge is 2.21. The standard InChI is InChI=1S/C23H19ClFN5O/c24-18-8-4-5-9-19(18)30-22(26)21(20(29-30)16-6-2-1-3-7-16)28-23(31)27-14-15-10-12-17(25)13-11-15/h1-13H,14,26H2,(H2,27,28,31). The fourth-order valence-electron chi connectivity index (χ4n) is 3.10. The summed E-state index contributed by atoms with van der Waals surface area (Å²) < 4.78 is 14.6. The molecule has 0 spiro atoms. The first-order valence-corrected chi connectivity index (χ1v) is 9.89. The van der Waals surface area contributed by atoms with Crippen LogP contribution in [0.25, 0.3) is 16.9 Å². The molecular weight excluding hydrogens is 417 g/mol. The maximum absolute atomic E-state index is 13.1. The number of nitrogens with one attached hydrogen (secondary N) is 2. The number of carbonyl (C=O) groups excluding carboxylic acids is 1. The van der Waals surface area contributed by atoms with Crippen molar-refractivity contribution in [3.63, 3.8) is 0 Å². The van der Waals surface area contributed by atoms with E-state index in [1.54, 1.807) is 24.3 Å². The fourth-order valence-corrected chi connectivity index (χ4v) is 3.32. The van der Waals surface area contributed by atoms with Gasteiger partial charge in [0.1, 0.15) is 17.2 Å². The number of aromatic nitrogens is 2. The Bertz CT molecular complexity index is 1210. The molecule has 4 aromatic rings. The van der Waals surface area contributed by atoms with Gasteiger partial charge in [0.25, 0.3) is 0 Å². The second-order valence-electron chi connectivity index (χ2n) is 6.77. The van der Waals surface area contributed by atoms with E-state index in [1.807, 2.05) is 42.5 Å². The lowest BCUT2D eigenvalue weighted by Crippen LogP contribution is -2.28. The van der Waals surface area contributed by atoms with E-state index in [9.17, 15) is 9.18 Å². The molecule has 8 heteroatoms. The van der Waals surface area contributed by atoms with Gasteiger partial charge in [-0.2, -0.15) is 5.10 Å². The topological polar surface area (TPSA) is 85.0 Å². The Balaban J connectivity index is 1.64. The van der Waals surface area contributed by atoms with E-state index < -0.39 is 6.03 Å². The number of rotatable bonds is 5. The van der Waals surface area contributed by atoms with Gasteiger partial charge in [-0.05, 0) is 29.8 Å². The van der Waals surface area contributed by atoms with Crippen LogP contribution in [0.4, 0.5) is 20.7 Å². The van der Waals surface area contributed by atoms with Crippen LogP contribution in [-0.4, -0.2) is 15.8 Å². The summed E-state index contributed by atoms with van der Waals surface area (Å²) in [6.45, 7) is 0.228. The SMILES string of the molecule is Nc1c(NC(=O)NCc2ccc(F)cc2)c(-c2ccccc2)nn1-c1ccccc1Cl. The predicted octanol–water partition coefficient (Wildman–Crippen LogP) is 5.24. The van der Waals surface area contributed by atoms with Crippen molar-refractivity contribution in [1.29, 1.82) is 0 Å². The average Bonchev–Trinajstić information content (AvgIpc) is 3.10. The molecule has 0 saturated carbocycles. The van der Waals surface area contributed by atoms with Crippen molar-refractivity contribution in [2.45, 2.75) is 6.54 Å². The molecule has 4 rings (SSSR count). The molecule has 0 fully saturated rings. The van der Waals surface area contributed by atoms with Crippen LogP contribution in [0.5, 0.6) is 0 Å². The molecule has 0 unspecified atom stereocenters. The van der Waals surface area contributed by atoms with Crippen molar-refractivity contribution < 1.29 is 9.18 Å². The third-order valence-corrected chi connectivity index (χ3v) is 4.97. The zero-order valence-corrected chi connectivity index (χ0v) is 17.1. The summed E-state index contributed by atoms with van der Waals surface area (Å²) in [6.07, 6.45) is 0. The van der Waals surface area contributed by atoms with Crippen LogP contribution in [0, 0.1) is 5.82 Å². The van der Waals surface area contributed by atoms with Gasteiger partial charge in [0.2, 0.25) is 0 Å². The molecule has 4 N–H and O–H groups in total. The summed E-state index contributed by atoms with van der Waals surface area (Å²) in [5, 5.41) is 10.6. The number of para-hydroxylation sites is 1. The number of nitrogens with two attached hydrogens (primary N) is 1. The van der Waals surface area contributed by atoms with Gasteiger partial charge >= 0.3 is 6.03 Å². The van der Waals surface area contributed by atoms with Crippen molar-refractivity contribution in [2.75, 3.05) is 11.1 Å². The van der Waals surface area contributed by atoms with Crippen LogP contribution in [0.15, 0.2) is 78.9 Å². The minimum absolute atomic E-state index is 0.228. The lowest BCUT2D eigenvalue weighted by Gasteiger charge is -2.10. The molecule has 3 aromatic carbocycles. The van der Waals surface area contributed by atoms with E-state index >= 15 is 0 Å². The number of halogens is 2. The smallest absolute Gasteiger partial charge is 0.319 e. The van der Waals surface area contributed by atoms with E-state index in [0.717, 1.165) is 11.1 Å². The minimum Gasteiger partial charge on any atom is -0.382 e. The van der Waals surface area contributed by atoms with E-state index in [2.05, 4.69) is 15.7 Å². The van der Waals surface area contributed by atoms with Crippen molar-refractivity contribution in [3.05, 3.63) is 95.3 Å². The molecule has 0 atom stereocenters. The van der Waals surface area contributed by atoms with Gasteiger partial charge in [0.05, 0.1) is 10.7 Å². The second-order valence-corrected chi connectivity index (χ2v) is 7.18. The molecule has 31 heavy (non-hydrogen) atoms. The van der Waals surface area contributed by atoms with E-state index in [-0.39, 0.29) is 18.2 Å². The maximum Gasteiger partial charge on any atom is 0.319 e. The molecule has 0 aliphatic rings. The van der Waals surface area contributed by atoms with Crippen LogP contribution in [0.1, 0.15) is 5.56 Å². The highest BCUT2D eigenvalue weighted by Crippen LogP contribution is 2.35. The third-order valence-electron chi connectivity index (χ3n) is 4.65. The zero-order chi connectivity index (χ0) is 21.8. The lowest BCUT2D eigenvalue weighted by atomic mass is 10.1. The number of hydrogen-bond donors (Lipinski definition) is 3. The molecule has 0 radical (unpaired) electrons. The van der Waals surface area contributed by atoms with Gasteiger partial charge in [-0.3, -0.25) is 0 Å². The number of amides is 2. The van der Waals surface area contributed by atoms with Crippen molar-refractivity contribution in [2.24, 2.45) is 0 Å². The fraction of sp³-hybridized carbons (Fsp3) is 0.0435. The lowest BCUT2D eigenvalue weighted by molar-refractivity contribution is 0.252. The summed E-state index contributed by atoms with van der Waals surface area (Å²) in [4.78, 5) is 12.6. The van der Waals surface area contributed by atoms with Gasteiger partial charge in [-0.25, -0.2) is 13.9 Å². The Morgan fingerprint density at radius 3 is 2.39 bits per heavy atom. The number of nitrogen functional groups attached to an aromatic ring is 1. The summed E-state index contributed by atoms with van der Waals surface area (Å²) in [7, 11) is 0. The maximum atomic E-state index is 13.1. The Labute approximate surface area is 183 Å². The molecule has 0 aliphatic heterocycles. The number of carbonyl (C=O) groups is 1. The minimum atomic E-state index is -0.466. The third kappa shape index (κ3) is 4.51. The van der Waals surface area contributed by atoms with Crippen LogP contribution in [0.3, 0.4) is 0 Å². The van der Waals surface area contributed by atoms with Crippen molar-refractivity contribution in [1.82, 2.24) is 15.1 Å². The molecule has 0 aliphatic carbocycles. The highest BCUT2D eigenvalue weighted by atomic mass is 35.5. The first kappa shape index (κ1) is 20.4. The first-order valence-electron chi connectivity index (χ1n) is 9.51. The van der Waals surface area contributed by atoms with Crippen LogP contribution < -0.4 is 16.4 Å². The number of hydrogen-bond acceptors (Lipinski definition) is 3. The monoisotopic (exact) mass is 435 g/mol. The Kier molecular flexibility index (Phi) is 5.86. The largest absolute Gasteiger partial charge is 0.382 e. The van der Waals surface area contributed by atoms with Crippen LogP contribution in [-0.2, 0) is 6.54 Å². The normalized spacial score (nSPS) is 10.6. The number of nitrogens with zero attached hydrogens (tertiary/aromatic N) is 2. The van der Waals surface area contributed by atoms with Crippen LogP contribution in [0.2, 0.25) is 5.02 Å². The molecule has 0 bridgehead atoms. The molecular formula is C23H19ClFN5O. The summed E-state index contributed by atoms with van der Waals surface area (Å²) in [5.74, 6) is -0.0932. The Morgan fingerprint density at radius 2 is 1.68 bits per heavy atom. The van der Waals surface area contributed by atoms with E-state index in [0.29, 0.717) is 22.1 Å². The van der Waals surface area contributed by atoms with Gasteiger partial charge in [0, 0.05) is 12.1 Å². The van der Waals surface area contributed by atoms with Gasteiger partial charge in [-0.15, -0.1) is 0 Å². The predicted molar refractivity (Wildman–Crippen MR) is 121 cm³/mol. The molecule has 0 saturated heterocycles. The molecule has 2 amide bonds. The number of anilines is 2. The first-order chi connectivity index (χ1) is 15.0. The van der Waals surface area contributed by atoms with Gasteiger partial charge in [-0.1, -0.05) is 66.2 Å². The average molecular weight is 436 g/mol. The zero-order valence-electron chi connectivity index (χ0n) is 16.3. The quantitative estimate of drug-likeness (QED) is 0.401. The molecule has 1 aromatic heterocycles. The van der Waals surface area contributed by atoms with Crippen molar-refractivity contribution >= 4 is 29.1 Å². The Hall–Kier alpha value is -3.84.